The maximum atomic E-state index is 6.26. The molecule has 0 radical (unpaired) electrons. The normalized spacial score (nSPS) is 14.6. The van der Waals surface area contributed by atoms with Crippen molar-refractivity contribution in [2.24, 2.45) is 0 Å². The van der Waals surface area contributed by atoms with Gasteiger partial charge in [0.1, 0.15) is 5.52 Å². The van der Waals surface area contributed by atoms with Crippen LogP contribution in [0.3, 0.4) is 0 Å². The Morgan fingerprint density at radius 2 is 1.65 bits per heavy atom. The number of aryl methyl sites for hydroxylation is 1. The van der Waals surface area contributed by atoms with E-state index >= 15 is 0 Å². The van der Waals surface area contributed by atoms with Crippen LogP contribution in [0.5, 0.6) is 0 Å². The second-order valence-electron chi connectivity index (χ2n) is 9.29. The Hall–Kier alpha value is -3.55. The lowest BCUT2D eigenvalue weighted by molar-refractivity contribution is 0.460. The van der Waals surface area contributed by atoms with Crippen molar-refractivity contribution in [1.29, 1.82) is 0 Å². The first-order valence-corrected chi connectivity index (χ1v) is 12.6. The van der Waals surface area contributed by atoms with Gasteiger partial charge < -0.3 is 14.6 Å². The predicted octanol–water partition coefficient (Wildman–Crippen LogP) is 6.57. The van der Waals surface area contributed by atoms with Crippen molar-refractivity contribution in [2.45, 2.75) is 44.9 Å². The van der Waals surface area contributed by atoms with Gasteiger partial charge in [-0.2, -0.15) is 4.98 Å². The van der Waals surface area contributed by atoms with Gasteiger partial charge in [-0.1, -0.05) is 48.5 Å². The molecule has 2 aromatic carbocycles. The Morgan fingerprint density at radius 3 is 2.49 bits per heavy atom. The van der Waals surface area contributed by atoms with Crippen LogP contribution < -0.4 is 10.2 Å². The number of para-hydroxylation sites is 2. The Bertz CT molecular complexity index is 1400. The Labute approximate surface area is 227 Å². The van der Waals surface area contributed by atoms with Crippen LogP contribution in [0.4, 0.5) is 6.01 Å². The van der Waals surface area contributed by atoms with E-state index in [9.17, 15) is 0 Å². The van der Waals surface area contributed by atoms with Gasteiger partial charge >= 0.3 is 0 Å². The predicted molar refractivity (Wildman–Crippen MR) is 152 cm³/mol. The van der Waals surface area contributed by atoms with Crippen LogP contribution in [0, 0.1) is 0 Å². The van der Waals surface area contributed by atoms with Crippen molar-refractivity contribution in [1.82, 2.24) is 20.3 Å². The molecule has 1 aliphatic rings. The molecule has 3 heterocycles. The first kappa shape index (κ1) is 25.1. The number of rotatable bonds is 8. The largest absolute Gasteiger partial charge is 0.423 e. The fourth-order valence-corrected chi connectivity index (χ4v) is 4.98. The highest BCUT2D eigenvalue weighted by molar-refractivity contribution is 8.93. The quantitative estimate of drug-likeness (QED) is 0.233. The van der Waals surface area contributed by atoms with Crippen LogP contribution in [-0.2, 0) is 26.1 Å². The highest BCUT2D eigenvalue weighted by atomic mass is 79.9. The van der Waals surface area contributed by atoms with E-state index in [0.29, 0.717) is 12.6 Å². The van der Waals surface area contributed by atoms with Crippen LogP contribution in [0.1, 0.15) is 47.0 Å². The molecule has 0 fully saturated rings. The number of hydrogen-bond donors (Lipinski definition) is 1. The summed E-state index contributed by atoms with van der Waals surface area (Å²) >= 11 is 0. The van der Waals surface area contributed by atoms with Crippen molar-refractivity contribution < 1.29 is 4.42 Å². The SMILES string of the molecule is Br.c1ccc(CNCc2ccc(CN(c3nc4ccccc4o3)C3CCCc4cccnc43)cc2)nc1. The third kappa shape index (κ3) is 5.73. The van der Waals surface area contributed by atoms with Crippen molar-refractivity contribution >= 4 is 34.1 Å². The zero-order chi connectivity index (χ0) is 24.2. The zero-order valence-corrected chi connectivity index (χ0v) is 22.3. The van der Waals surface area contributed by atoms with Gasteiger partial charge in [0, 0.05) is 32.0 Å². The summed E-state index contributed by atoms with van der Waals surface area (Å²) in [5.74, 6) is 0. The Morgan fingerprint density at radius 1 is 0.838 bits per heavy atom. The lowest BCUT2D eigenvalue weighted by Crippen LogP contribution is -2.32. The molecule has 5 aromatic rings. The smallest absolute Gasteiger partial charge is 0.299 e. The molecule has 1 atom stereocenters. The summed E-state index contributed by atoms with van der Waals surface area (Å²) in [6.45, 7) is 2.25. The maximum Gasteiger partial charge on any atom is 0.299 e. The number of benzene rings is 2. The highest BCUT2D eigenvalue weighted by Crippen LogP contribution is 2.37. The summed E-state index contributed by atoms with van der Waals surface area (Å²) < 4.78 is 6.26. The molecule has 1 unspecified atom stereocenters. The highest BCUT2D eigenvalue weighted by Gasteiger charge is 2.30. The number of anilines is 1. The van der Waals surface area contributed by atoms with E-state index in [1.165, 1.54) is 16.7 Å². The monoisotopic (exact) mass is 555 g/mol. The number of aromatic nitrogens is 3. The molecule has 0 saturated heterocycles. The number of halogens is 1. The molecular weight excluding hydrogens is 526 g/mol. The lowest BCUT2D eigenvalue weighted by atomic mass is 9.90. The second-order valence-corrected chi connectivity index (χ2v) is 9.29. The minimum absolute atomic E-state index is 0. The van der Waals surface area contributed by atoms with Crippen LogP contribution in [-0.4, -0.2) is 15.0 Å². The molecule has 6 nitrogen and oxygen atoms in total. The number of fused-ring (bicyclic) bond motifs is 2. The van der Waals surface area contributed by atoms with Crippen LogP contribution in [0.15, 0.2) is 95.7 Å². The van der Waals surface area contributed by atoms with Gasteiger partial charge in [-0.3, -0.25) is 9.97 Å². The molecule has 1 aliphatic carbocycles. The van der Waals surface area contributed by atoms with Gasteiger partial charge in [-0.05, 0) is 66.3 Å². The molecule has 37 heavy (non-hydrogen) atoms. The van der Waals surface area contributed by atoms with Gasteiger partial charge in [0.05, 0.1) is 17.4 Å². The van der Waals surface area contributed by atoms with Crippen molar-refractivity contribution in [3.63, 3.8) is 0 Å². The van der Waals surface area contributed by atoms with Gasteiger partial charge in [-0.25, -0.2) is 0 Å². The lowest BCUT2D eigenvalue weighted by Gasteiger charge is -2.34. The van der Waals surface area contributed by atoms with E-state index in [1.807, 2.05) is 60.9 Å². The second kappa shape index (κ2) is 11.7. The number of nitrogens with one attached hydrogen (secondary N) is 1. The molecule has 0 bridgehead atoms. The average molecular weight is 557 g/mol. The minimum atomic E-state index is 0. The Balaban J connectivity index is 0.00000280. The standard InChI is InChI=1S/C30H29N5O.BrH/c1-2-12-28-26(10-1)34-30(36-28)35(27-11-5-7-24-8-6-18-33-29(24)27)21-23-15-13-22(14-16-23)19-31-20-25-9-3-4-17-32-25;/h1-4,6,8-10,12-18,27,31H,5,7,11,19-21H2;1H. The van der Waals surface area contributed by atoms with Gasteiger partial charge in [0.25, 0.3) is 6.01 Å². The summed E-state index contributed by atoms with van der Waals surface area (Å²) in [6, 6.07) is 27.8. The summed E-state index contributed by atoms with van der Waals surface area (Å²) in [6.07, 6.45) is 6.95. The third-order valence-electron chi connectivity index (χ3n) is 6.81. The summed E-state index contributed by atoms with van der Waals surface area (Å²) in [7, 11) is 0. The van der Waals surface area contributed by atoms with Gasteiger partial charge in [0.2, 0.25) is 0 Å². The molecule has 1 N–H and O–H groups in total. The van der Waals surface area contributed by atoms with Crippen LogP contribution >= 0.6 is 17.0 Å². The molecule has 0 aliphatic heterocycles. The number of hydrogen-bond acceptors (Lipinski definition) is 6. The summed E-state index contributed by atoms with van der Waals surface area (Å²) in [4.78, 5) is 16.3. The van der Waals surface area contributed by atoms with Crippen LogP contribution in [0.25, 0.3) is 11.1 Å². The van der Waals surface area contributed by atoms with Crippen molar-refractivity contribution in [3.05, 3.63) is 119 Å². The first-order chi connectivity index (χ1) is 17.8. The van der Waals surface area contributed by atoms with Crippen molar-refractivity contribution in [2.75, 3.05) is 4.90 Å². The number of oxazole rings is 1. The maximum absolute atomic E-state index is 6.26. The molecule has 7 heteroatoms. The van der Waals surface area contributed by atoms with Gasteiger partial charge in [0.15, 0.2) is 5.58 Å². The van der Waals surface area contributed by atoms with E-state index in [4.69, 9.17) is 14.4 Å². The van der Waals surface area contributed by atoms with E-state index in [-0.39, 0.29) is 23.0 Å². The van der Waals surface area contributed by atoms with E-state index in [1.54, 1.807) is 0 Å². The molecule has 188 valence electrons. The summed E-state index contributed by atoms with van der Waals surface area (Å²) in [5.41, 5.74) is 7.66. The molecule has 3 aromatic heterocycles. The average Bonchev–Trinajstić information content (AvgIpc) is 3.37. The number of pyridine rings is 2. The molecular formula is C30H30BrN5O. The molecule has 0 spiro atoms. The summed E-state index contributed by atoms with van der Waals surface area (Å²) in [5, 5.41) is 3.48. The van der Waals surface area contributed by atoms with E-state index in [2.05, 4.69) is 45.5 Å². The van der Waals surface area contributed by atoms with Gasteiger partial charge in [-0.15, -0.1) is 17.0 Å². The number of nitrogens with zero attached hydrogens (tertiary/aromatic N) is 4. The zero-order valence-electron chi connectivity index (χ0n) is 20.6. The molecule has 0 amide bonds. The fraction of sp³-hybridized carbons (Fsp3) is 0.233. The third-order valence-corrected chi connectivity index (χ3v) is 6.81. The van der Waals surface area contributed by atoms with Crippen molar-refractivity contribution in [3.8, 4) is 0 Å². The first-order valence-electron chi connectivity index (χ1n) is 12.6. The fourth-order valence-electron chi connectivity index (χ4n) is 4.98. The van der Waals surface area contributed by atoms with Crippen LogP contribution in [0.2, 0.25) is 0 Å². The molecule has 0 saturated carbocycles. The minimum Gasteiger partial charge on any atom is -0.423 e. The Kier molecular flexibility index (Phi) is 7.92. The topological polar surface area (TPSA) is 67.1 Å². The van der Waals surface area contributed by atoms with E-state index in [0.717, 1.165) is 54.8 Å². The van der Waals surface area contributed by atoms with E-state index < -0.39 is 0 Å². The molecule has 6 rings (SSSR count).